The summed E-state index contributed by atoms with van der Waals surface area (Å²) in [5.41, 5.74) is 0.965. The number of hydrogen-bond acceptors (Lipinski definition) is 2. The molecule has 1 unspecified atom stereocenters. The van der Waals surface area contributed by atoms with Gasteiger partial charge in [-0.2, -0.15) is 0 Å². The summed E-state index contributed by atoms with van der Waals surface area (Å²) in [5.74, 6) is 0.510. The van der Waals surface area contributed by atoms with E-state index in [0.29, 0.717) is 12.5 Å². The van der Waals surface area contributed by atoms with Gasteiger partial charge in [0.15, 0.2) is 0 Å². The molecule has 1 atom stereocenters. The van der Waals surface area contributed by atoms with Gasteiger partial charge in [0.2, 0.25) is 0 Å². The number of unbranched alkanes of at least 4 members (excludes halogenated alkanes) is 6. The summed E-state index contributed by atoms with van der Waals surface area (Å²) >= 11 is 0. The highest BCUT2D eigenvalue weighted by Crippen LogP contribution is 2.11. The van der Waals surface area contributed by atoms with Crippen LogP contribution in [0.4, 0.5) is 0 Å². The maximum atomic E-state index is 8.81. The molecule has 122 valence electrons. The van der Waals surface area contributed by atoms with E-state index in [1.807, 2.05) is 30.3 Å². The molecule has 0 radical (unpaired) electrons. The Morgan fingerprint density at radius 2 is 1.43 bits per heavy atom. The van der Waals surface area contributed by atoms with Gasteiger partial charge in [-0.05, 0) is 17.9 Å². The Kier molecular flexibility index (Phi) is 14.9. The summed E-state index contributed by atoms with van der Waals surface area (Å²) in [6.45, 7) is 4.87. The zero-order valence-corrected chi connectivity index (χ0v) is 13.9. The van der Waals surface area contributed by atoms with E-state index >= 15 is 0 Å². The van der Waals surface area contributed by atoms with E-state index < -0.39 is 0 Å². The highest BCUT2D eigenvalue weighted by Gasteiger charge is 1.98. The first-order valence-corrected chi connectivity index (χ1v) is 8.50. The fourth-order valence-corrected chi connectivity index (χ4v) is 2.12. The fourth-order valence-electron chi connectivity index (χ4n) is 2.12. The molecule has 0 aliphatic carbocycles. The van der Waals surface area contributed by atoms with Gasteiger partial charge >= 0.3 is 0 Å². The van der Waals surface area contributed by atoms with Gasteiger partial charge in [0.25, 0.3) is 0 Å². The number of aliphatic hydroxyl groups excluding tert-OH is 2. The Labute approximate surface area is 131 Å². The van der Waals surface area contributed by atoms with Crippen molar-refractivity contribution in [1.29, 1.82) is 0 Å². The lowest BCUT2D eigenvalue weighted by Gasteiger charge is -2.06. The molecule has 2 nitrogen and oxygen atoms in total. The maximum Gasteiger partial charge on any atom is 0.0681 e. The second-order valence-corrected chi connectivity index (χ2v) is 5.84. The van der Waals surface area contributed by atoms with Gasteiger partial charge in [0, 0.05) is 6.61 Å². The fraction of sp³-hybridized carbons (Fsp3) is 0.684. The molecule has 0 fully saturated rings. The Bertz CT molecular complexity index is 298. The molecule has 0 amide bonds. The molecule has 0 bridgehead atoms. The van der Waals surface area contributed by atoms with Crippen molar-refractivity contribution in [1.82, 2.24) is 0 Å². The van der Waals surface area contributed by atoms with Crippen molar-refractivity contribution in [2.45, 2.75) is 71.8 Å². The van der Waals surface area contributed by atoms with Crippen LogP contribution in [0, 0.1) is 5.92 Å². The van der Waals surface area contributed by atoms with Crippen LogP contribution in [0.25, 0.3) is 0 Å². The zero-order valence-electron chi connectivity index (χ0n) is 13.9. The van der Waals surface area contributed by atoms with E-state index in [1.54, 1.807) is 0 Å². The van der Waals surface area contributed by atoms with Crippen LogP contribution < -0.4 is 0 Å². The monoisotopic (exact) mass is 294 g/mol. The minimum absolute atomic E-state index is 0.140. The minimum atomic E-state index is 0.140. The van der Waals surface area contributed by atoms with Gasteiger partial charge in [-0.3, -0.25) is 0 Å². The topological polar surface area (TPSA) is 40.5 Å². The van der Waals surface area contributed by atoms with Crippen LogP contribution in [0.5, 0.6) is 0 Å². The van der Waals surface area contributed by atoms with Crippen LogP contribution in [-0.4, -0.2) is 16.8 Å². The average Bonchev–Trinajstić information content (AvgIpc) is 2.55. The molecule has 0 aromatic heterocycles. The largest absolute Gasteiger partial charge is 0.396 e. The Hall–Kier alpha value is -0.860. The molecule has 0 saturated carbocycles. The third-order valence-corrected chi connectivity index (χ3v) is 3.64. The van der Waals surface area contributed by atoms with Crippen LogP contribution in [0.2, 0.25) is 0 Å². The van der Waals surface area contributed by atoms with E-state index in [4.69, 9.17) is 10.2 Å². The molecule has 2 N–H and O–H groups in total. The first-order chi connectivity index (χ1) is 10.2. The zero-order chi connectivity index (χ0) is 15.8. The van der Waals surface area contributed by atoms with Gasteiger partial charge in [-0.15, -0.1) is 0 Å². The van der Waals surface area contributed by atoms with Crippen molar-refractivity contribution >= 4 is 0 Å². The molecule has 0 heterocycles. The van der Waals surface area contributed by atoms with Crippen molar-refractivity contribution < 1.29 is 10.2 Å². The minimum Gasteiger partial charge on any atom is -0.396 e. The predicted molar refractivity (Wildman–Crippen MR) is 91.2 cm³/mol. The number of rotatable bonds is 10. The highest BCUT2D eigenvalue weighted by atomic mass is 16.3. The summed E-state index contributed by atoms with van der Waals surface area (Å²) in [4.78, 5) is 0. The first-order valence-electron chi connectivity index (χ1n) is 8.50. The molecule has 0 spiro atoms. The normalized spacial score (nSPS) is 11.6. The third kappa shape index (κ3) is 13.9. The summed E-state index contributed by atoms with van der Waals surface area (Å²) in [6.07, 6.45) is 10.8. The molecule has 2 heteroatoms. The predicted octanol–water partition coefficient (Wildman–Crippen LogP) is 4.93. The SMILES string of the molecule is CCCCCCCCCC(C)CO.OCc1ccccc1. The average molecular weight is 294 g/mol. The van der Waals surface area contributed by atoms with E-state index in [0.717, 1.165) is 5.56 Å². The number of benzene rings is 1. The lowest BCUT2D eigenvalue weighted by Crippen LogP contribution is -1.99. The first kappa shape index (κ1) is 20.1. The van der Waals surface area contributed by atoms with Crippen molar-refractivity contribution in [3.05, 3.63) is 35.9 Å². The van der Waals surface area contributed by atoms with Crippen molar-refractivity contribution in [3.63, 3.8) is 0 Å². The van der Waals surface area contributed by atoms with Crippen molar-refractivity contribution in [2.24, 2.45) is 5.92 Å². The maximum absolute atomic E-state index is 8.81. The summed E-state index contributed by atoms with van der Waals surface area (Å²) in [6, 6.07) is 9.52. The van der Waals surface area contributed by atoms with E-state index in [9.17, 15) is 0 Å². The Balaban J connectivity index is 0.000000423. The standard InChI is InChI=1S/C12H26O.C7H8O/c1-3-4-5-6-7-8-9-10-12(2)11-13;8-6-7-4-2-1-3-5-7/h12-13H,3-11H2,1-2H3;1-5,8H,6H2. The van der Waals surface area contributed by atoms with Crippen LogP contribution >= 0.6 is 0 Å². The molecule has 0 aliphatic rings. The van der Waals surface area contributed by atoms with E-state index in [2.05, 4.69) is 13.8 Å². The van der Waals surface area contributed by atoms with Crippen LogP contribution in [0.15, 0.2) is 30.3 Å². The molecule has 1 aromatic rings. The molecular weight excluding hydrogens is 260 g/mol. The van der Waals surface area contributed by atoms with Crippen LogP contribution in [-0.2, 0) is 6.61 Å². The van der Waals surface area contributed by atoms with Crippen LogP contribution in [0.3, 0.4) is 0 Å². The van der Waals surface area contributed by atoms with Gasteiger partial charge in [0.1, 0.15) is 0 Å². The van der Waals surface area contributed by atoms with Gasteiger partial charge in [0.05, 0.1) is 6.61 Å². The van der Waals surface area contributed by atoms with Gasteiger partial charge in [-0.25, -0.2) is 0 Å². The van der Waals surface area contributed by atoms with E-state index in [-0.39, 0.29) is 6.61 Å². The van der Waals surface area contributed by atoms with Crippen molar-refractivity contribution in [3.8, 4) is 0 Å². The molecule has 1 aromatic carbocycles. The summed E-state index contributed by atoms with van der Waals surface area (Å²) < 4.78 is 0. The smallest absolute Gasteiger partial charge is 0.0681 e. The molecular formula is C19H34O2. The highest BCUT2D eigenvalue weighted by molar-refractivity contribution is 5.12. The quantitative estimate of drug-likeness (QED) is 0.600. The molecule has 1 rings (SSSR count). The Morgan fingerprint density at radius 1 is 0.857 bits per heavy atom. The summed E-state index contributed by atoms with van der Waals surface area (Å²) in [5, 5.41) is 17.3. The summed E-state index contributed by atoms with van der Waals surface area (Å²) in [7, 11) is 0. The van der Waals surface area contributed by atoms with E-state index in [1.165, 1.54) is 51.4 Å². The molecule has 0 saturated heterocycles. The second-order valence-electron chi connectivity index (χ2n) is 5.84. The molecule has 21 heavy (non-hydrogen) atoms. The second kappa shape index (κ2) is 15.5. The Morgan fingerprint density at radius 3 is 1.90 bits per heavy atom. The van der Waals surface area contributed by atoms with Crippen molar-refractivity contribution in [2.75, 3.05) is 6.61 Å². The third-order valence-electron chi connectivity index (χ3n) is 3.64. The lowest BCUT2D eigenvalue weighted by molar-refractivity contribution is 0.227. The lowest BCUT2D eigenvalue weighted by atomic mass is 10.0. The molecule has 0 aliphatic heterocycles. The number of hydrogen-bond donors (Lipinski definition) is 2. The van der Waals surface area contributed by atoms with Gasteiger partial charge in [-0.1, -0.05) is 89.1 Å². The van der Waals surface area contributed by atoms with Crippen LogP contribution in [0.1, 0.15) is 70.8 Å². The number of aliphatic hydroxyl groups is 2. The van der Waals surface area contributed by atoms with Gasteiger partial charge < -0.3 is 10.2 Å².